The predicted molar refractivity (Wildman–Crippen MR) is 142 cm³/mol. The maximum atomic E-state index is 13.2. The molecule has 0 saturated heterocycles. The van der Waals surface area contributed by atoms with Gasteiger partial charge in [0.1, 0.15) is 11.6 Å². The molecule has 1 heterocycles. The Morgan fingerprint density at radius 3 is 2.19 bits per heavy atom. The van der Waals surface area contributed by atoms with Crippen molar-refractivity contribution >= 4 is 53.2 Å². The van der Waals surface area contributed by atoms with Crippen molar-refractivity contribution in [2.45, 2.75) is 31.7 Å². The molecule has 1 atom stereocenters. The molecular weight excluding hydrogens is 486 g/mol. The second-order valence-corrected chi connectivity index (χ2v) is 8.22. The third-order valence-electron chi connectivity index (χ3n) is 5.45. The van der Waals surface area contributed by atoms with Crippen LogP contribution >= 0.6 is 0 Å². The van der Waals surface area contributed by atoms with E-state index >= 15 is 0 Å². The monoisotopic (exact) mass is 516 g/mol. The molecule has 2 amide bonds. The minimum absolute atomic E-state index is 0. The van der Waals surface area contributed by atoms with Gasteiger partial charge in [0, 0.05) is 19.2 Å². The number of carboxylic acids is 1. The number of pyridine rings is 1. The molecule has 1 unspecified atom stereocenters. The summed E-state index contributed by atoms with van der Waals surface area (Å²) in [5, 5.41) is 17.7. The number of amides is 2. The molecule has 0 aliphatic heterocycles. The number of carbonyl (C=O) groups is 3. The minimum atomic E-state index is -1.06. The van der Waals surface area contributed by atoms with E-state index in [1.165, 1.54) is 12.1 Å². The molecule has 0 aliphatic rings. The molecule has 0 bridgehead atoms. The second kappa shape index (κ2) is 15.8. The number of unbranched alkanes of at least 4 members (excludes halogenated alkanes) is 1. The zero-order chi connectivity index (χ0) is 25.8. The van der Waals surface area contributed by atoms with Crippen molar-refractivity contribution in [3.05, 3.63) is 84.3 Å². The van der Waals surface area contributed by atoms with E-state index in [0.717, 1.165) is 23.4 Å². The average Bonchev–Trinajstić information content (AvgIpc) is 2.88. The number of aromatic nitrogens is 1. The van der Waals surface area contributed by atoms with E-state index in [4.69, 9.17) is 0 Å². The third-order valence-corrected chi connectivity index (χ3v) is 5.45. The van der Waals surface area contributed by atoms with Crippen molar-refractivity contribution in [3.8, 4) is 11.1 Å². The number of benzene rings is 2. The first-order chi connectivity index (χ1) is 17.4. The summed E-state index contributed by atoms with van der Waals surface area (Å²) in [6, 6.07) is 17.9. The molecule has 0 fully saturated rings. The third kappa shape index (κ3) is 10.7. The Balaban J connectivity index is 0.00000481. The van der Waals surface area contributed by atoms with Gasteiger partial charge in [0.25, 0.3) is 0 Å². The van der Waals surface area contributed by atoms with Crippen LogP contribution in [0.4, 0.5) is 10.2 Å². The van der Waals surface area contributed by atoms with Crippen LogP contribution in [-0.2, 0) is 14.4 Å². The Morgan fingerprint density at radius 1 is 0.892 bits per heavy atom. The quantitative estimate of drug-likeness (QED) is 0.205. The Bertz CT molecular complexity index is 1150. The van der Waals surface area contributed by atoms with Crippen LogP contribution in [0.25, 0.3) is 11.1 Å². The number of hydrogen-bond donors (Lipinski definition) is 4. The van der Waals surface area contributed by atoms with Gasteiger partial charge in [-0.1, -0.05) is 42.5 Å². The molecule has 3 aromatic rings. The summed E-state index contributed by atoms with van der Waals surface area (Å²) in [6.07, 6.45) is 3.09. The van der Waals surface area contributed by atoms with Crippen molar-refractivity contribution < 1.29 is 23.9 Å². The summed E-state index contributed by atoms with van der Waals surface area (Å²) in [5.41, 5.74) is 2.27. The van der Waals surface area contributed by atoms with Gasteiger partial charge in [-0.15, -0.1) is 0 Å². The number of halogens is 1. The van der Waals surface area contributed by atoms with E-state index < -0.39 is 17.9 Å². The van der Waals surface area contributed by atoms with Gasteiger partial charge in [0.2, 0.25) is 11.8 Å². The Kier molecular flexibility index (Phi) is 12.8. The standard InChI is InChI=1S/C27H29FN4O4.Na.H/c28-22-13-11-20(12-14-22)19-7-9-21(10-8-19)23(17-27(35)36)32-26(34)18-31-25(33)6-2-4-16-30-24-5-1-3-15-29-24;;/h1,3,5,7-15,23H,2,4,6,16-18H2,(H,29,30)(H,31,33)(H,32,34)(H,35,36);;. The van der Waals surface area contributed by atoms with Gasteiger partial charge in [-0.2, -0.15) is 0 Å². The molecule has 2 aromatic carbocycles. The zero-order valence-corrected chi connectivity index (χ0v) is 19.7. The van der Waals surface area contributed by atoms with E-state index in [0.29, 0.717) is 18.5 Å². The molecule has 0 radical (unpaired) electrons. The van der Waals surface area contributed by atoms with Crippen LogP contribution in [0.1, 0.15) is 37.3 Å². The topological polar surface area (TPSA) is 120 Å². The van der Waals surface area contributed by atoms with Crippen LogP contribution in [0.3, 0.4) is 0 Å². The summed E-state index contributed by atoms with van der Waals surface area (Å²) >= 11 is 0. The van der Waals surface area contributed by atoms with E-state index in [9.17, 15) is 23.9 Å². The van der Waals surface area contributed by atoms with E-state index in [1.807, 2.05) is 18.2 Å². The van der Waals surface area contributed by atoms with E-state index in [1.54, 1.807) is 42.6 Å². The maximum absolute atomic E-state index is 13.2. The molecule has 4 N–H and O–H groups in total. The SMILES string of the molecule is O=C(O)CC(NC(=O)CNC(=O)CCCCNc1ccccn1)c1ccc(-c2ccc(F)cc2)cc1.[NaH]. The van der Waals surface area contributed by atoms with E-state index in [2.05, 4.69) is 20.9 Å². The van der Waals surface area contributed by atoms with Crippen LogP contribution in [0, 0.1) is 5.82 Å². The normalized spacial score (nSPS) is 11.1. The van der Waals surface area contributed by atoms with Crippen LogP contribution in [0.5, 0.6) is 0 Å². The average molecular weight is 517 g/mol. The molecule has 8 nitrogen and oxygen atoms in total. The first-order valence-electron chi connectivity index (χ1n) is 11.7. The van der Waals surface area contributed by atoms with E-state index in [-0.39, 0.29) is 60.7 Å². The number of rotatable bonds is 13. The summed E-state index contributed by atoms with van der Waals surface area (Å²) in [4.78, 5) is 40.0. The number of carboxylic acid groups (broad SMARTS) is 1. The second-order valence-electron chi connectivity index (χ2n) is 8.22. The fourth-order valence-electron chi connectivity index (χ4n) is 3.58. The molecular formula is C27H30FN4NaO4. The Morgan fingerprint density at radius 2 is 1.57 bits per heavy atom. The fraction of sp³-hybridized carbons (Fsp3) is 0.259. The molecule has 190 valence electrons. The van der Waals surface area contributed by atoms with Gasteiger partial charge in [-0.3, -0.25) is 14.4 Å². The first-order valence-corrected chi connectivity index (χ1v) is 11.7. The van der Waals surface area contributed by atoms with Gasteiger partial charge in [-0.25, -0.2) is 9.37 Å². The zero-order valence-electron chi connectivity index (χ0n) is 19.7. The number of aliphatic carboxylic acids is 1. The number of carbonyl (C=O) groups excluding carboxylic acids is 2. The summed E-state index contributed by atoms with van der Waals surface area (Å²) in [5.74, 6) is -1.34. The predicted octanol–water partition coefficient (Wildman–Crippen LogP) is 3.27. The Hall–Kier alpha value is -3.27. The van der Waals surface area contributed by atoms with Crippen molar-refractivity contribution in [1.82, 2.24) is 15.6 Å². The molecule has 1 aromatic heterocycles. The molecule has 0 saturated carbocycles. The van der Waals surface area contributed by atoms with Crippen LogP contribution in [-0.4, -0.2) is 70.5 Å². The summed E-state index contributed by atoms with van der Waals surface area (Å²) < 4.78 is 13.2. The van der Waals surface area contributed by atoms with Crippen molar-refractivity contribution in [3.63, 3.8) is 0 Å². The fourth-order valence-corrected chi connectivity index (χ4v) is 3.58. The van der Waals surface area contributed by atoms with Crippen molar-refractivity contribution in [2.75, 3.05) is 18.4 Å². The summed E-state index contributed by atoms with van der Waals surface area (Å²) in [6.45, 7) is 0.441. The number of nitrogens with one attached hydrogen (secondary N) is 3. The number of nitrogens with zero attached hydrogens (tertiary/aromatic N) is 1. The van der Waals surface area contributed by atoms with Gasteiger partial charge < -0.3 is 21.1 Å². The molecule has 0 spiro atoms. The van der Waals surface area contributed by atoms with Crippen LogP contribution in [0.2, 0.25) is 0 Å². The van der Waals surface area contributed by atoms with Crippen LogP contribution in [0.15, 0.2) is 72.9 Å². The van der Waals surface area contributed by atoms with Crippen molar-refractivity contribution in [1.29, 1.82) is 0 Å². The molecule has 0 aliphatic carbocycles. The Labute approximate surface area is 237 Å². The molecule has 37 heavy (non-hydrogen) atoms. The van der Waals surface area contributed by atoms with Crippen molar-refractivity contribution in [2.24, 2.45) is 0 Å². The molecule has 10 heteroatoms. The van der Waals surface area contributed by atoms with Gasteiger partial charge in [0.05, 0.1) is 19.0 Å². The van der Waals surface area contributed by atoms with Gasteiger partial charge in [-0.05, 0) is 53.8 Å². The first kappa shape index (κ1) is 30.0. The van der Waals surface area contributed by atoms with Crippen LogP contribution < -0.4 is 16.0 Å². The summed E-state index contributed by atoms with van der Waals surface area (Å²) in [7, 11) is 0. The number of hydrogen-bond acceptors (Lipinski definition) is 5. The number of anilines is 1. The van der Waals surface area contributed by atoms with Gasteiger partial charge in [0.15, 0.2) is 0 Å². The van der Waals surface area contributed by atoms with Gasteiger partial charge >= 0.3 is 35.5 Å². The molecule has 3 rings (SSSR count).